The van der Waals surface area contributed by atoms with Crippen LogP contribution in [0.2, 0.25) is 0 Å². The van der Waals surface area contributed by atoms with E-state index in [4.69, 9.17) is 4.74 Å². The SMILES string of the molecule is CC(C)CCn1c(=O)c2ccccc2n2c(COC(=O)[C@H]3CC=CCC3)nnc12. The van der Waals surface area contributed by atoms with Crippen molar-refractivity contribution < 1.29 is 9.53 Å². The molecule has 0 saturated heterocycles. The van der Waals surface area contributed by atoms with Crippen LogP contribution in [0.1, 0.15) is 45.4 Å². The van der Waals surface area contributed by atoms with Crippen LogP contribution < -0.4 is 5.56 Å². The van der Waals surface area contributed by atoms with Gasteiger partial charge in [-0.15, -0.1) is 10.2 Å². The first kappa shape index (κ1) is 19.4. The Hall–Kier alpha value is -2.96. The monoisotopic (exact) mass is 394 g/mol. The summed E-state index contributed by atoms with van der Waals surface area (Å²) in [5, 5.41) is 9.13. The smallest absolute Gasteiger partial charge is 0.309 e. The summed E-state index contributed by atoms with van der Waals surface area (Å²) in [4.78, 5) is 25.4. The Labute approximate surface area is 169 Å². The molecular weight excluding hydrogens is 368 g/mol. The van der Waals surface area contributed by atoms with E-state index in [1.165, 1.54) is 0 Å². The molecule has 0 fully saturated rings. The lowest BCUT2D eigenvalue weighted by atomic mass is 9.95. The molecule has 29 heavy (non-hydrogen) atoms. The lowest BCUT2D eigenvalue weighted by molar-refractivity contribution is -0.150. The summed E-state index contributed by atoms with van der Waals surface area (Å²) in [5.74, 6) is 1.17. The molecular formula is C22H26N4O3. The molecule has 0 aliphatic heterocycles. The quantitative estimate of drug-likeness (QED) is 0.472. The number of benzene rings is 1. The number of rotatable bonds is 6. The molecule has 0 unspecified atom stereocenters. The van der Waals surface area contributed by atoms with Crippen molar-refractivity contribution in [3.63, 3.8) is 0 Å². The van der Waals surface area contributed by atoms with Gasteiger partial charge in [0.25, 0.3) is 5.56 Å². The fraction of sp³-hybridized carbons (Fsp3) is 0.455. The van der Waals surface area contributed by atoms with Crippen molar-refractivity contribution in [1.29, 1.82) is 0 Å². The molecule has 1 atom stereocenters. The number of ether oxygens (including phenoxy) is 1. The van der Waals surface area contributed by atoms with Gasteiger partial charge in [-0.3, -0.25) is 18.6 Å². The maximum absolute atomic E-state index is 13.0. The molecule has 2 aromatic heterocycles. The second kappa shape index (κ2) is 8.19. The van der Waals surface area contributed by atoms with Crippen molar-refractivity contribution in [2.24, 2.45) is 11.8 Å². The zero-order valence-electron chi connectivity index (χ0n) is 16.9. The van der Waals surface area contributed by atoms with Gasteiger partial charge in [0, 0.05) is 6.54 Å². The minimum absolute atomic E-state index is 0.0343. The molecule has 152 valence electrons. The summed E-state index contributed by atoms with van der Waals surface area (Å²) in [5.41, 5.74) is 0.656. The van der Waals surface area contributed by atoms with E-state index in [9.17, 15) is 9.59 Å². The molecule has 0 saturated carbocycles. The van der Waals surface area contributed by atoms with Crippen molar-refractivity contribution in [3.05, 3.63) is 52.6 Å². The summed E-state index contributed by atoms with van der Waals surface area (Å²) in [6.07, 6.45) is 7.42. The van der Waals surface area contributed by atoms with E-state index in [0.717, 1.165) is 31.2 Å². The van der Waals surface area contributed by atoms with E-state index in [2.05, 4.69) is 30.1 Å². The highest BCUT2D eigenvalue weighted by Crippen LogP contribution is 2.21. The van der Waals surface area contributed by atoms with E-state index in [1.54, 1.807) is 4.57 Å². The van der Waals surface area contributed by atoms with Crippen LogP contribution >= 0.6 is 0 Å². The van der Waals surface area contributed by atoms with Gasteiger partial charge in [-0.1, -0.05) is 38.1 Å². The van der Waals surface area contributed by atoms with E-state index in [-0.39, 0.29) is 24.1 Å². The molecule has 2 heterocycles. The van der Waals surface area contributed by atoms with Crippen LogP contribution in [0, 0.1) is 11.8 Å². The van der Waals surface area contributed by atoms with Crippen molar-refractivity contribution >= 4 is 22.6 Å². The molecule has 4 rings (SSSR count). The fourth-order valence-electron chi connectivity index (χ4n) is 3.76. The Kier molecular flexibility index (Phi) is 5.47. The maximum Gasteiger partial charge on any atom is 0.309 e. The highest BCUT2D eigenvalue weighted by Gasteiger charge is 2.22. The molecule has 1 aliphatic carbocycles. The van der Waals surface area contributed by atoms with Gasteiger partial charge in [0.05, 0.1) is 16.8 Å². The first-order valence-electron chi connectivity index (χ1n) is 10.2. The van der Waals surface area contributed by atoms with Gasteiger partial charge in [-0.25, -0.2) is 0 Å². The summed E-state index contributed by atoms with van der Waals surface area (Å²) >= 11 is 0. The minimum Gasteiger partial charge on any atom is -0.457 e. The van der Waals surface area contributed by atoms with Crippen molar-refractivity contribution in [2.75, 3.05) is 0 Å². The van der Waals surface area contributed by atoms with Crippen LogP contribution in [-0.2, 0) is 22.7 Å². The van der Waals surface area contributed by atoms with Crippen LogP contribution in [0.25, 0.3) is 16.7 Å². The number of hydrogen-bond donors (Lipinski definition) is 0. The molecule has 0 radical (unpaired) electrons. The van der Waals surface area contributed by atoms with E-state index in [0.29, 0.717) is 29.5 Å². The number of esters is 1. The summed E-state index contributed by atoms with van der Waals surface area (Å²) in [7, 11) is 0. The van der Waals surface area contributed by atoms with Crippen LogP contribution in [0.3, 0.4) is 0 Å². The molecule has 1 aliphatic rings. The van der Waals surface area contributed by atoms with Crippen molar-refractivity contribution in [2.45, 2.75) is 52.7 Å². The van der Waals surface area contributed by atoms with E-state index >= 15 is 0 Å². The Morgan fingerprint density at radius 3 is 2.83 bits per heavy atom. The average molecular weight is 394 g/mol. The topological polar surface area (TPSA) is 78.5 Å². The number of aryl methyl sites for hydroxylation is 1. The number of para-hydroxylation sites is 1. The second-order valence-electron chi connectivity index (χ2n) is 8.00. The molecule has 0 amide bonds. The van der Waals surface area contributed by atoms with Crippen LogP contribution in [0.15, 0.2) is 41.2 Å². The number of hydrogen-bond acceptors (Lipinski definition) is 5. The van der Waals surface area contributed by atoms with Gasteiger partial charge in [0.1, 0.15) is 0 Å². The highest BCUT2D eigenvalue weighted by atomic mass is 16.5. The third kappa shape index (κ3) is 3.81. The third-order valence-corrected chi connectivity index (χ3v) is 5.45. The maximum atomic E-state index is 13.0. The van der Waals surface area contributed by atoms with Crippen LogP contribution in [0.4, 0.5) is 0 Å². The largest absolute Gasteiger partial charge is 0.457 e. The third-order valence-electron chi connectivity index (χ3n) is 5.45. The number of nitrogens with zero attached hydrogens (tertiary/aromatic N) is 4. The molecule has 0 spiro atoms. The number of fused-ring (bicyclic) bond motifs is 3. The Bertz CT molecular complexity index is 1130. The fourth-order valence-corrected chi connectivity index (χ4v) is 3.76. The molecule has 7 heteroatoms. The van der Waals surface area contributed by atoms with E-state index < -0.39 is 0 Å². The predicted molar refractivity (Wildman–Crippen MR) is 110 cm³/mol. The highest BCUT2D eigenvalue weighted by molar-refractivity contribution is 5.80. The lowest BCUT2D eigenvalue weighted by Gasteiger charge is -2.16. The average Bonchev–Trinajstić information content (AvgIpc) is 3.16. The Morgan fingerprint density at radius 1 is 1.24 bits per heavy atom. The molecule has 3 aromatic rings. The van der Waals surface area contributed by atoms with Gasteiger partial charge < -0.3 is 4.74 Å². The second-order valence-corrected chi connectivity index (χ2v) is 8.00. The number of allylic oxidation sites excluding steroid dienone is 2. The normalized spacial score (nSPS) is 16.7. The number of carbonyl (C=O) groups excluding carboxylic acids is 1. The first-order valence-corrected chi connectivity index (χ1v) is 10.2. The van der Waals surface area contributed by atoms with Gasteiger partial charge in [0.2, 0.25) is 5.78 Å². The van der Waals surface area contributed by atoms with Gasteiger partial charge in [-0.2, -0.15) is 0 Å². The Balaban J connectivity index is 1.71. The van der Waals surface area contributed by atoms with Crippen LogP contribution in [-0.4, -0.2) is 25.1 Å². The summed E-state index contributed by atoms with van der Waals surface area (Å²) in [6.45, 7) is 4.85. The number of aromatic nitrogens is 4. The standard InChI is InChI=1S/C22H26N4O3/c1-15(2)12-13-25-20(27)17-10-6-7-11-18(17)26-19(23-24-22(25)26)14-29-21(28)16-8-4-3-5-9-16/h3-4,6-7,10-11,15-16H,5,8-9,12-14H2,1-2H3/t16-/m0/s1. The lowest BCUT2D eigenvalue weighted by Crippen LogP contribution is -2.24. The zero-order chi connectivity index (χ0) is 20.4. The molecule has 1 aromatic carbocycles. The van der Waals surface area contributed by atoms with Crippen molar-refractivity contribution in [3.8, 4) is 0 Å². The van der Waals surface area contributed by atoms with E-state index in [1.807, 2.05) is 34.7 Å². The predicted octanol–water partition coefficient (Wildman–Crippen LogP) is 3.49. The van der Waals surface area contributed by atoms with Gasteiger partial charge in [0.15, 0.2) is 12.4 Å². The molecule has 0 bridgehead atoms. The first-order chi connectivity index (χ1) is 14.1. The zero-order valence-corrected chi connectivity index (χ0v) is 16.9. The Morgan fingerprint density at radius 2 is 2.07 bits per heavy atom. The minimum atomic E-state index is -0.205. The van der Waals surface area contributed by atoms with Crippen molar-refractivity contribution in [1.82, 2.24) is 19.2 Å². The summed E-state index contributed by atoms with van der Waals surface area (Å²) < 4.78 is 9.08. The van der Waals surface area contributed by atoms with Gasteiger partial charge in [-0.05, 0) is 43.7 Å². The number of carbonyl (C=O) groups is 1. The summed E-state index contributed by atoms with van der Waals surface area (Å²) in [6, 6.07) is 7.41. The molecule has 7 nitrogen and oxygen atoms in total. The molecule has 0 N–H and O–H groups in total. The van der Waals surface area contributed by atoms with Crippen LogP contribution in [0.5, 0.6) is 0 Å². The van der Waals surface area contributed by atoms with Gasteiger partial charge >= 0.3 is 5.97 Å².